The van der Waals surface area contributed by atoms with Crippen LogP contribution >= 0.6 is 0 Å². The van der Waals surface area contributed by atoms with Crippen molar-refractivity contribution in [2.24, 2.45) is 4.99 Å². The molecule has 2 aromatic rings. The fraction of sp³-hybridized carbons (Fsp3) is 0.333. The SMILES string of the molecule is CCN([O-])Cc1c[nH]c(C(=NC=N)N(C(=O)OCOC(=O)/C=C/C(=O)O)c2cc(C(=O)NC3CC3)ccc2C)c1C. The Morgan fingerprint density at radius 1 is 1.22 bits per heavy atom. The summed E-state index contributed by atoms with van der Waals surface area (Å²) in [6, 6.07) is 4.82. The van der Waals surface area contributed by atoms with E-state index in [1.165, 1.54) is 6.07 Å². The van der Waals surface area contributed by atoms with Gasteiger partial charge in [-0.2, -0.15) is 0 Å². The van der Waals surface area contributed by atoms with Gasteiger partial charge in [0.25, 0.3) is 5.91 Å². The van der Waals surface area contributed by atoms with Crippen LogP contribution < -0.4 is 10.2 Å². The second-order valence-corrected chi connectivity index (χ2v) is 9.10. The lowest BCUT2D eigenvalue weighted by atomic mass is 10.1. The molecule has 1 fully saturated rings. The second-order valence-electron chi connectivity index (χ2n) is 9.10. The van der Waals surface area contributed by atoms with Crippen LogP contribution in [0.1, 0.15) is 52.5 Å². The Balaban J connectivity index is 2.02. The molecule has 14 nitrogen and oxygen atoms in total. The summed E-state index contributed by atoms with van der Waals surface area (Å²) in [5.41, 5.74) is 2.54. The normalized spacial score (nSPS) is 13.2. The monoisotopic (exact) mass is 567 g/mol. The standard InChI is InChI=1S/C27H31N6O8/c1-4-32(39)13-19-12-29-24(17(19)3)25(30-14-28)33(27(38)41-15-40-23(36)10-9-22(34)35)21-11-18(6-5-16(21)2)26(37)31-20-7-8-20/h5-6,9-12,14,20,28-29H,4,7-8,13,15H2,1-3H3,(H,31,37)(H,34,35)/q-1/b10-9+,28-14?,30-25?. The number of carbonyl (C=O) groups is 4. The molecule has 1 aliphatic carbocycles. The number of anilines is 1. The molecule has 0 saturated heterocycles. The number of aliphatic imine (C=N–C) groups is 1. The van der Waals surface area contributed by atoms with Crippen molar-refractivity contribution in [3.63, 3.8) is 0 Å². The van der Waals surface area contributed by atoms with E-state index in [1.54, 1.807) is 39.1 Å². The minimum atomic E-state index is -1.36. The lowest BCUT2D eigenvalue weighted by Crippen LogP contribution is -2.40. The van der Waals surface area contributed by atoms with Gasteiger partial charge in [-0.25, -0.2) is 24.3 Å². The molecule has 2 amide bonds. The quantitative estimate of drug-likeness (QED) is 0.0743. The summed E-state index contributed by atoms with van der Waals surface area (Å²) in [5, 5.41) is 32.1. The number of hydroxylamine groups is 2. The Kier molecular flexibility index (Phi) is 10.5. The number of H-pyrrole nitrogens is 1. The highest BCUT2D eigenvalue weighted by Crippen LogP contribution is 2.28. The summed E-state index contributed by atoms with van der Waals surface area (Å²) in [4.78, 5) is 56.8. The first-order chi connectivity index (χ1) is 19.5. The van der Waals surface area contributed by atoms with E-state index in [-0.39, 0.29) is 42.1 Å². The number of amidine groups is 1. The van der Waals surface area contributed by atoms with Crippen molar-refractivity contribution in [1.29, 1.82) is 5.41 Å². The molecule has 14 heteroatoms. The van der Waals surface area contributed by atoms with E-state index < -0.39 is 24.8 Å². The average Bonchev–Trinajstić information content (AvgIpc) is 3.68. The largest absolute Gasteiger partial charge is 0.785 e. The molecule has 1 aliphatic rings. The number of aromatic nitrogens is 1. The fourth-order valence-electron chi connectivity index (χ4n) is 3.71. The molecule has 1 aromatic carbocycles. The number of aromatic amines is 1. The number of nitrogens with one attached hydrogen (secondary N) is 3. The predicted octanol–water partition coefficient (Wildman–Crippen LogP) is 2.98. The van der Waals surface area contributed by atoms with E-state index in [0.29, 0.717) is 34.5 Å². The number of carboxylic acids is 1. The van der Waals surface area contributed by atoms with Crippen molar-refractivity contribution in [2.75, 3.05) is 18.2 Å². The van der Waals surface area contributed by atoms with E-state index in [1.807, 2.05) is 0 Å². The molecule has 1 aromatic heterocycles. The van der Waals surface area contributed by atoms with Crippen LogP contribution in [0.2, 0.25) is 0 Å². The smallest absolute Gasteiger partial charge is 0.423 e. The minimum absolute atomic E-state index is 0.0663. The Hall–Kier alpha value is -4.82. The van der Waals surface area contributed by atoms with Crippen LogP contribution in [0.15, 0.2) is 41.5 Å². The lowest BCUT2D eigenvalue weighted by Gasteiger charge is -2.27. The Morgan fingerprint density at radius 3 is 2.59 bits per heavy atom. The number of aliphatic carboxylic acids is 1. The summed E-state index contributed by atoms with van der Waals surface area (Å²) in [6.07, 6.45) is 4.23. The summed E-state index contributed by atoms with van der Waals surface area (Å²) in [7, 11) is 0. The van der Waals surface area contributed by atoms with E-state index in [0.717, 1.165) is 29.1 Å². The van der Waals surface area contributed by atoms with E-state index in [9.17, 15) is 24.4 Å². The number of nitrogens with zero attached hydrogens (tertiary/aromatic N) is 3. The third-order valence-corrected chi connectivity index (χ3v) is 6.12. The molecule has 1 heterocycles. The number of esters is 1. The lowest BCUT2D eigenvalue weighted by molar-refractivity contribution is -0.146. The zero-order valence-corrected chi connectivity index (χ0v) is 22.8. The number of rotatable bonds is 12. The number of carbonyl (C=O) groups excluding carboxylic acids is 3. The molecule has 4 N–H and O–H groups in total. The van der Waals surface area contributed by atoms with Gasteiger partial charge >= 0.3 is 18.0 Å². The molecule has 3 rings (SSSR count). The molecule has 0 atom stereocenters. The molecule has 0 radical (unpaired) electrons. The van der Waals surface area contributed by atoms with Crippen LogP contribution in [0.3, 0.4) is 0 Å². The third-order valence-electron chi connectivity index (χ3n) is 6.12. The van der Waals surface area contributed by atoms with Gasteiger partial charge in [-0.1, -0.05) is 13.0 Å². The first-order valence-corrected chi connectivity index (χ1v) is 12.7. The van der Waals surface area contributed by atoms with Crippen molar-refractivity contribution in [2.45, 2.75) is 46.2 Å². The molecule has 0 aliphatic heterocycles. The van der Waals surface area contributed by atoms with Gasteiger partial charge in [-0.3, -0.25) is 10.2 Å². The van der Waals surface area contributed by atoms with Gasteiger partial charge in [0.2, 0.25) is 6.79 Å². The van der Waals surface area contributed by atoms with Crippen LogP contribution in [-0.2, 0) is 25.6 Å². The highest BCUT2D eigenvalue weighted by molar-refractivity contribution is 6.23. The molecule has 0 bridgehead atoms. The van der Waals surface area contributed by atoms with E-state index in [2.05, 4.69) is 15.3 Å². The molecule has 41 heavy (non-hydrogen) atoms. The highest BCUT2D eigenvalue weighted by atomic mass is 16.7. The first-order valence-electron chi connectivity index (χ1n) is 12.7. The van der Waals surface area contributed by atoms with Crippen molar-refractivity contribution in [3.05, 3.63) is 69.7 Å². The van der Waals surface area contributed by atoms with Gasteiger partial charge in [-0.05, 0) is 62.1 Å². The predicted molar refractivity (Wildman–Crippen MR) is 149 cm³/mol. The number of carboxylic acid groups (broad SMARTS) is 1. The number of aryl methyl sites for hydroxylation is 1. The maximum Gasteiger partial charge on any atom is 0.423 e. The van der Waals surface area contributed by atoms with Gasteiger partial charge in [0.1, 0.15) is 6.34 Å². The van der Waals surface area contributed by atoms with E-state index >= 15 is 0 Å². The summed E-state index contributed by atoms with van der Waals surface area (Å²) >= 11 is 0. The highest BCUT2D eigenvalue weighted by Gasteiger charge is 2.30. The third kappa shape index (κ3) is 8.33. The van der Waals surface area contributed by atoms with Crippen LogP contribution in [0, 0.1) is 24.5 Å². The van der Waals surface area contributed by atoms with Gasteiger partial charge in [0.15, 0.2) is 5.84 Å². The fourth-order valence-corrected chi connectivity index (χ4v) is 3.71. The number of hydrogen-bond acceptors (Lipinski definition) is 9. The van der Waals surface area contributed by atoms with Crippen LogP contribution in [0.25, 0.3) is 0 Å². The Labute approximate surface area is 235 Å². The Morgan fingerprint density at radius 2 is 1.95 bits per heavy atom. The summed E-state index contributed by atoms with van der Waals surface area (Å²) in [5.74, 6) is -2.83. The van der Waals surface area contributed by atoms with Crippen LogP contribution in [0.5, 0.6) is 0 Å². The number of ether oxygens (including phenoxy) is 2. The van der Waals surface area contributed by atoms with Gasteiger partial charge in [0.05, 0.1) is 11.4 Å². The summed E-state index contributed by atoms with van der Waals surface area (Å²) < 4.78 is 9.94. The van der Waals surface area contributed by atoms with Gasteiger partial charge < -0.3 is 35.2 Å². The topological polar surface area (TPSA) is 201 Å². The minimum Gasteiger partial charge on any atom is -0.785 e. The molecular formula is C27H31N6O8-. The van der Waals surface area contributed by atoms with Crippen LogP contribution in [-0.4, -0.2) is 70.6 Å². The second kappa shape index (κ2) is 14.0. The molecule has 0 spiro atoms. The summed E-state index contributed by atoms with van der Waals surface area (Å²) in [6.45, 7) is 4.59. The zero-order valence-electron chi connectivity index (χ0n) is 22.8. The van der Waals surface area contributed by atoms with Crippen molar-refractivity contribution in [3.8, 4) is 0 Å². The number of amides is 2. The van der Waals surface area contributed by atoms with Gasteiger partial charge in [0, 0.05) is 36.5 Å². The van der Waals surface area contributed by atoms with Crippen LogP contribution in [0.4, 0.5) is 10.5 Å². The Bertz CT molecular complexity index is 1380. The average molecular weight is 568 g/mol. The van der Waals surface area contributed by atoms with Crippen molar-refractivity contribution >= 4 is 41.8 Å². The molecule has 1 saturated carbocycles. The molecule has 218 valence electrons. The van der Waals surface area contributed by atoms with Crippen molar-refractivity contribution in [1.82, 2.24) is 15.4 Å². The molecule has 0 unspecified atom stereocenters. The van der Waals surface area contributed by atoms with E-state index in [4.69, 9.17) is 20.0 Å². The maximum absolute atomic E-state index is 13.5. The van der Waals surface area contributed by atoms with Gasteiger partial charge in [-0.15, -0.1) is 0 Å². The maximum atomic E-state index is 13.5. The van der Waals surface area contributed by atoms with Crippen molar-refractivity contribution < 1.29 is 33.8 Å². The zero-order chi connectivity index (χ0) is 30.1. The number of hydrogen-bond donors (Lipinski definition) is 4. The first kappa shape index (κ1) is 30.7. The molecular weight excluding hydrogens is 536 g/mol. The number of benzene rings is 1.